The first-order chi connectivity index (χ1) is 22.2. The summed E-state index contributed by atoms with van der Waals surface area (Å²) in [6, 6.07) is 21.7. The summed E-state index contributed by atoms with van der Waals surface area (Å²) in [6.07, 6.45) is -5.69. The number of hydrogen-bond acceptors (Lipinski definition) is 3. The Hall–Kier alpha value is -4.92. The second-order valence-electron chi connectivity index (χ2n) is 12.2. The van der Waals surface area contributed by atoms with Gasteiger partial charge in [-0.3, -0.25) is 0 Å². The van der Waals surface area contributed by atoms with Crippen molar-refractivity contribution in [2.45, 2.75) is 37.2 Å². The van der Waals surface area contributed by atoms with Crippen molar-refractivity contribution < 1.29 is 40.6 Å². The van der Waals surface area contributed by atoms with E-state index in [1.54, 1.807) is 58.4 Å². The Morgan fingerprint density at radius 2 is 1.26 bits per heavy atom. The largest absolute Gasteiger partial charge is 0.497 e. The highest BCUT2D eigenvalue weighted by Crippen LogP contribution is 2.60. The van der Waals surface area contributed by atoms with E-state index in [1.807, 2.05) is 36.4 Å². The second-order valence-corrected chi connectivity index (χ2v) is 12.2. The molecule has 0 radical (unpaired) electrons. The molecule has 0 amide bonds. The van der Waals surface area contributed by atoms with Crippen LogP contribution < -0.4 is 14.2 Å². The summed E-state index contributed by atoms with van der Waals surface area (Å²) >= 11 is 0. The van der Waals surface area contributed by atoms with Gasteiger partial charge in [0, 0.05) is 27.5 Å². The van der Waals surface area contributed by atoms with E-state index in [2.05, 4.69) is 0 Å². The minimum atomic E-state index is -4.68. The molecule has 0 spiro atoms. The molecule has 0 aromatic heterocycles. The lowest BCUT2D eigenvalue weighted by molar-refractivity contribution is -0.139. The highest BCUT2D eigenvalue weighted by Gasteiger charge is 2.48. The number of hydrogen-bond donors (Lipinski definition) is 0. The zero-order valence-corrected chi connectivity index (χ0v) is 25.7. The zero-order valence-electron chi connectivity index (χ0n) is 25.7. The van der Waals surface area contributed by atoms with Crippen molar-refractivity contribution in [3.8, 4) is 28.4 Å². The number of methoxy groups -OCH3 is 2. The fourth-order valence-corrected chi connectivity index (χ4v) is 7.20. The molecule has 0 N–H and O–H groups in total. The van der Waals surface area contributed by atoms with Crippen molar-refractivity contribution in [3.05, 3.63) is 130 Å². The first-order valence-corrected chi connectivity index (χ1v) is 14.8. The number of ether oxygens (including phenoxy) is 3. The molecule has 47 heavy (non-hydrogen) atoms. The molecule has 5 aromatic rings. The molecule has 0 atom stereocenters. The fourth-order valence-electron chi connectivity index (χ4n) is 7.20. The van der Waals surface area contributed by atoms with E-state index in [4.69, 9.17) is 14.2 Å². The van der Waals surface area contributed by atoms with E-state index >= 15 is 0 Å². The van der Waals surface area contributed by atoms with Crippen LogP contribution in [0, 0.1) is 0 Å². The number of rotatable bonds is 4. The molecule has 5 aromatic carbocycles. The molecule has 3 nitrogen and oxygen atoms in total. The third kappa shape index (κ3) is 4.58. The van der Waals surface area contributed by atoms with Crippen molar-refractivity contribution in [3.63, 3.8) is 0 Å². The summed E-state index contributed by atoms with van der Waals surface area (Å²) in [5, 5.41) is 0.511. The summed E-state index contributed by atoms with van der Waals surface area (Å²) in [5.74, 6) is 1.50. The predicted molar refractivity (Wildman–Crippen MR) is 168 cm³/mol. The highest BCUT2D eigenvalue weighted by atomic mass is 19.4. The van der Waals surface area contributed by atoms with Gasteiger partial charge >= 0.3 is 12.4 Å². The Balaban J connectivity index is 1.57. The van der Waals surface area contributed by atoms with Gasteiger partial charge in [-0.25, -0.2) is 0 Å². The third-order valence-corrected chi connectivity index (χ3v) is 9.30. The number of benzene rings is 5. The smallest absolute Gasteiger partial charge is 0.416 e. The van der Waals surface area contributed by atoms with Crippen molar-refractivity contribution in [2.75, 3.05) is 14.2 Å². The molecule has 0 unspecified atom stereocenters. The molecule has 0 fully saturated rings. The maximum atomic E-state index is 14.5. The van der Waals surface area contributed by atoms with Crippen molar-refractivity contribution in [1.29, 1.82) is 0 Å². The maximum absolute atomic E-state index is 14.5. The van der Waals surface area contributed by atoms with Gasteiger partial charge in [-0.1, -0.05) is 62.4 Å². The van der Waals surface area contributed by atoms with Gasteiger partial charge in [-0.15, -0.1) is 0 Å². The summed E-state index contributed by atoms with van der Waals surface area (Å²) in [4.78, 5) is 0. The molecular formula is C38H28F6O3. The van der Waals surface area contributed by atoms with Crippen LogP contribution >= 0.6 is 0 Å². The van der Waals surface area contributed by atoms with E-state index in [9.17, 15) is 26.3 Å². The molecule has 1 heterocycles. The highest BCUT2D eigenvalue weighted by molar-refractivity contribution is 6.09. The monoisotopic (exact) mass is 646 g/mol. The Morgan fingerprint density at radius 3 is 1.79 bits per heavy atom. The van der Waals surface area contributed by atoms with Gasteiger partial charge in [0.15, 0.2) is 5.60 Å². The number of alkyl halides is 6. The van der Waals surface area contributed by atoms with Crippen LogP contribution in [0.3, 0.4) is 0 Å². The van der Waals surface area contributed by atoms with Crippen LogP contribution in [-0.4, -0.2) is 14.2 Å². The van der Waals surface area contributed by atoms with Crippen LogP contribution in [0.25, 0.3) is 28.0 Å². The lowest BCUT2D eigenvalue weighted by atomic mass is 9.75. The van der Waals surface area contributed by atoms with E-state index < -0.39 is 34.5 Å². The normalized spacial score (nSPS) is 15.9. The van der Waals surface area contributed by atoms with Gasteiger partial charge in [0.05, 0.1) is 25.3 Å². The summed E-state index contributed by atoms with van der Waals surface area (Å²) in [7, 11) is 3.10. The van der Waals surface area contributed by atoms with Crippen LogP contribution in [0.15, 0.2) is 91.0 Å². The molecule has 0 saturated heterocycles. The molecule has 0 bridgehead atoms. The molecule has 7 rings (SSSR count). The predicted octanol–water partition coefficient (Wildman–Crippen LogP) is 10.6. The average Bonchev–Trinajstić information content (AvgIpc) is 3.30. The van der Waals surface area contributed by atoms with Gasteiger partial charge in [0.1, 0.15) is 17.2 Å². The van der Waals surface area contributed by atoms with Crippen LogP contribution in [0.2, 0.25) is 0 Å². The van der Waals surface area contributed by atoms with Crippen LogP contribution in [0.4, 0.5) is 26.3 Å². The molecule has 0 saturated carbocycles. The van der Waals surface area contributed by atoms with Gasteiger partial charge in [-0.05, 0) is 76.2 Å². The minimum Gasteiger partial charge on any atom is -0.497 e. The first-order valence-electron chi connectivity index (χ1n) is 14.8. The lowest BCUT2D eigenvalue weighted by Gasteiger charge is -2.38. The van der Waals surface area contributed by atoms with Gasteiger partial charge < -0.3 is 14.2 Å². The van der Waals surface area contributed by atoms with E-state index in [-0.39, 0.29) is 22.3 Å². The topological polar surface area (TPSA) is 27.7 Å². The zero-order chi connectivity index (χ0) is 33.5. The maximum Gasteiger partial charge on any atom is 0.416 e. The van der Waals surface area contributed by atoms with Gasteiger partial charge in [0.25, 0.3) is 0 Å². The number of halogens is 6. The fraction of sp³-hybridized carbons (Fsp3) is 0.211. The van der Waals surface area contributed by atoms with Crippen molar-refractivity contribution in [1.82, 2.24) is 0 Å². The van der Waals surface area contributed by atoms with Crippen LogP contribution in [-0.2, 0) is 23.4 Å². The van der Waals surface area contributed by atoms with Crippen LogP contribution in [0.5, 0.6) is 17.2 Å². The van der Waals surface area contributed by atoms with Crippen LogP contribution in [0.1, 0.15) is 52.8 Å². The number of fused-ring (bicyclic) bond motifs is 8. The Morgan fingerprint density at radius 1 is 0.660 bits per heavy atom. The van der Waals surface area contributed by atoms with E-state index in [1.165, 1.54) is 12.1 Å². The Kier molecular flexibility index (Phi) is 6.73. The Bertz CT molecular complexity index is 2020. The molecule has 9 heteroatoms. The quantitative estimate of drug-likeness (QED) is 0.182. The second kappa shape index (κ2) is 10.3. The lowest BCUT2D eigenvalue weighted by Crippen LogP contribution is -2.35. The van der Waals surface area contributed by atoms with E-state index in [0.29, 0.717) is 44.7 Å². The SMILES string of the molecule is COc1ccc(C2(c3ccc(OC)cc3)C=Cc3c4c(c5cc(C(F)(F)F)ccc5c3O2)-c2cccc(C(F)(F)F)c2C4(C)C)cc1. The summed E-state index contributed by atoms with van der Waals surface area (Å²) < 4.78 is 104. The van der Waals surface area contributed by atoms with Crippen molar-refractivity contribution in [2.24, 2.45) is 0 Å². The molecule has 240 valence electrons. The molecule has 2 aliphatic rings. The molecular weight excluding hydrogens is 618 g/mol. The molecule has 1 aliphatic carbocycles. The standard InChI is InChI=1S/C38H28F6O3/c1-35(2)32-27(6-5-7-30(32)38(42,43)44)31-29-20-23(37(39,40)41)12-17-26(29)34-28(33(31)35)18-19-36(47-34,21-8-13-24(45-3)14-9-21)22-10-15-25(46-4)16-11-22/h5-20H,1-4H3. The summed E-state index contributed by atoms with van der Waals surface area (Å²) in [5.41, 5.74) is -1.23. The average molecular weight is 647 g/mol. The third-order valence-electron chi connectivity index (χ3n) is 9.30. The van der Waals surface area contributed by atoms with Crippen molar-refractivity contribution >= 4 is 16.8 Å². The van der Waals surface area contributed by atoms with E-state index in [0.717, 1.165) is 18.2 Å². The Labute approximate surface area is 267 Å². The van der Waals surface area contributed by atoms with Gasteiger partial charge in [-0.2, -0.15) is 26.3 Å². The minimum absolute atomic E-state index is 0.0187. The first kappa shape index (κ1) is 30.7. The van der Waals surface area contributed by atoms with Gasteiger partial charge in [0.2, 0.25) is 0 Å². The summed E-state index contributed by atoms with van der Waals surface area (Å²) in [6.45, 7) is 3.35. The molecule has 1 aliphatic heterocycles.